The van der Waals surface area contributed by atoms with Gasteiger partial charge in [0.2, 0.25) is 6.79 Å². The number of benzene rings is 1. The molecule has 2 aromatic heterocycles. The molecule has 0 bridgehead atoms. The lowest BCUT2D eigenvalue weighted by atomic mass is 10.3. The van der Waals surface area contributed by atoms with Crippen molar-refractivity contribution in [2.24, 2.45) is 0 Å². The molecule has 4 rings (SSSR count). The topological polar surface area (TPSA) is 122 Å². The van der Waals surface area contributed by atoms with Crippen LogP contribution in [0.4, 0.5) is 27.9 Å². The Morgan fingerprint density at radius 1 is 1.00 bits per heavy atom. The maximum atomic E-state index is 12.1. The highest BCUT2D eigenvalue weighted by molar-refractivity contribution is 5.89. The smallest absolute Gasteiger partial charge is 0.319 e. The fourth-order valence-corrected chi connectivity index (χ4v) is 2.81. The van der Waals surface area contributed by atoms with Crippen LogP contribution in [0.15, 0.2) is 48.7 Å². The van der Waals surface area contributed by atoms with E-state index in [1.54, 1.807) is 30.5 Å². The number of pyridine rings is 1. The average molecular weight is 407 g/mol. The number of aryl methyl sites for hydroxylation is 1. The van der Waals surface area contributed by atoms with Crippen LogP contribution >= 0.6 is 0 Å². The Morgan fingerprint density at radius 3 is 2.73 bits per heavy atom. The molecule has 4 N–H and O–H groups in total. The number of carbonyl (C=O) groups excluding carboxylic acids is 1. The summed E-state index contributed by atoms with van der Waals surface area (Å²) >= 11 is 0. The lowest BCUT2D eigenvalue weighted by molar-refractivity contribution is 0.174. The predicted octanol–water partition coefficient (Wildman–Crippen LogP) is 2.89. The van der Waals surface area contributed by atoms with Crippen LogP contribution in [-0.4, -0.2) is 40.9 Å². The maximum absolute atomic E-state index is 12.1. The molecule has 0 aliphatic carbocycles. The highest BCUT2D eigenvalue weighted by atomic mass is 16.7. The number of aromatic nitrogens is 3. The lowest BCUT2D eigenvalue weighted by Crippen LogP contribution is -2.32. The van der Waals surface area contributed by atoms with Gasteiger partial charge in [0.05, 0.1) is 0 Å². The van der Waals surface area contributed by atoms with E-state index < -0.39 is 0 Å². The van der Waals surface area contributed by atoms with Crippen LogP contribution in [0.5, 0.6) is 11.5 Å². The van der Waals surface area contributed by atoms with E-state index in [1.165, 1.54) is 0 Å². The third-order valence-corrected chi connectivity index (χ3v) is 4.11. The summed E-state index contributed by atoms with van der Waals surface area (Å²) in [5.74, 6) is 3.89. The van der Waals surface area contributed by atoms with Gasteiger partial charge in [0, 0.05) is 37.1 Å². The van der Waals surface area contributed by atoms with Crippen LogP contribution in [-0.2, 0) is 0 Å². The quantitative estimate of drug-likeness (QED) is 0.441. The Balaban J connectivity index is 1.24. The van der Waals surface area contributed by atoms with Gasteiger partial charge in [-0.05, 0) is 31.2 Å². The second-order valence-electron chi connectivity index (χ2n) is 6.40. The summed E-state index contributed by atoms with van der Waals surface area (Å²) < 4.78 is 10.6. The van der Waals surface area contributed by atoms with Crippen LogP contribution < -0.4 is 30.7 Å². The summed E-state index contributed by atoms with van der Waals surface area (Å²) in [4.78, 5) is 25.0. The van der Waals surface area contributed by atoms with Crippen molar-refractivity contribution in [1.29, 1.82) is 0 Å². The summed E-state index contributed by atoms with van der Waals surface area (Å²) in [6.45, 7) is 2.90. The zero-order chi connectivity index (χ0) is 20.8. The van der Waals surface area contributed by atoms with Crippen LogP contribution in [0.2, 0.25) is 0 Å². The van der Waals surface area contributed by atoms with Gasteiger partial charge >= 0.3 is 6.03 Å². The number of fused-ring (bicyclic) bond motifs is 1. The summed E-state index contributed by atoms with van der Waals surface area (Å²) in [6.07, 6.45) is 1.70. The minimum absolute atomic E-state index is 0.193. The van der Waals surface area contributed by atoms with Gasteiger partial charge in [-0.1, -0.05) is 6.07 Å². The molecule has 3 aromatic rings. The molecule has 0 unspecified atom stereocenters. The zero-order valence-corrected chi connectivity index (χ0v) is 16.3. The molecule has 3 heterocycles. The van der Waals surface area contributed by atoms with Crippen LogP contribution in [0.25, 0.3) is 0 Å². The van der Waals surface area contributed by atoms with E-state index in [9.17, 15) is 4.79 Å². The van der Waals surface area contributed by atoms with E-state index in [1.807, 2.05) is 25.1 Å². The van der Waals surface area contributed by atoms with Gasteiger partial charge in [-0.15, -0.1) is 0 Å². The van der Waals surface area contributed by atoms with Crippen LogP contribution in [0.1, 0.15) is 5.82 Å². The summed E-state index contributed by atoms with van der Waals surface area (Å²) in [7, 11) is 0. The maximum Gasteiger partial charge on any atom is 0.319 e. The molecule has 0 fully saturated rings. The molecule has 0 saturated carbocycles. The highest BCUT2D eigenvalue weighted by Gasteiger charge is 2.14. The average Bonchev–Trinajstić information content (AvgIpc) is 3.19. The third-order valence-electron chi connectivity index (χ3n) is 4.11. The number of carbonyl (C=O) groups is 1. The minimum atomic E-state index is -0.313. The fourth-order valence-electron chi connectivity index (χ4n) is 2.81. The van der Waals surface area contributed by atoms with Crippen LogP contribution in [0.3, 0.4) is 0 Å². The number of nitrogens with zero attached hydrogens (tertiary/aromatic N) is 3. The van der Waals surface area contributed by atoms with E-state index in [4.69, 9.17) is 9.47 Å². The molecular formula is C20H21N7O3. The second-order valence-corrected chi connectivity index (χ2v) is 6.40. The van der Waals surface area contributed by atoms with Gasteiger partial charge in [0.15, 0.2) is 11.5 Å². The first-order valence-electron chi connectivity index (χ1n) is 9.38. The molecule has 10 nitrogen and oxygen atoms in total. The Bertz CT molecular complexity index is 1030. The number of urea groups is 1. The van der Waals surface area contributed by atoms with Crippen LogP contribution in [0, 0.1) is 6.92 Å². The number of ether oxygens (including phenoxy) is 2. The number of hydrogen-bond acceptors (Lipinski definition) is 8. The van der Waals surface area contributed by atoms with E-state index in [0.717, 1.165) is 0 Å². The predicted molar refractivity (Wildman–Crippen MR) is 112 cm³/mol. The molecule has 1 aliphatic heterocycles. The number of nitrogens with one attached hydrogen (secondary N) is 4. The molecule has 30 heavy (non-hydrogen) atoms. The van der Waals surface area contributed by atoms with Gasteiger partial charge in [0.25, 0.3) is 0 Å². The number of amides is 2. The molecule has 0 spiro atoms. The van der Waals surface area contributed by atoms with Crippen molar-refractivity contribution >= 4 is 29.2 Å². The van der Waals surface area contributed by atoms with Gasteiger partial charge < -0.3 is 30.7 Å². The molecule has 0 atom stereocenters. The number of rotatable bonds is 7. The first kappa shape index (κ1) is 19.2. The van der Waals surface area contributed by atoms with Gasteiger partial charge in [-0.2, -0.15) is 0 Å². The Morgan fingerprint density at radius 2 is 1.87 bits per heavy atom. The standard InChI is InChI=1S/C20H21N7O3/c1-13-24-18(11-19(25-13)27-17-4-2-3-7-21-17)22-8-9-23-20(28)26-14-5-6-15-16(10-14)30-12-29-15/h2-7,10-11H,8-9,12H2,1H3,(H2,23,26,28)(H2,21,22,24,25,27). The third kappa shape index (κ3) is 5.04. The Hall–Kier alpha value is -4.08. The molecule has 0 radical (unpaired) electrons. The van der Waals surface area contributed by atoms with Gasteiger partial charge in [0.1, 0.15) is 23.3 Å². The molecular weight excluding hydrogens is 386 g/mol. The zero-order valence-electron chi connectivity index (χ0n) is 16.3. The van der Waals surface area contributed by atoms with Crippen molar-refractivity contribution < 1.29 is 14.3 Å². The highest BCUT2D eigenvalue weighted by Crippen LogP contribution is 2.34. The van der Waals surface area contributed by atoms with E-state index in [-0.39, 0.29) is 12.8 Å². The van der Waals surface area contributed by atoms with Crippen molar-refractivity contribution in [3.8, 4) is 11.5 Å². The normalized spacial score (nSPS) is 11.6. The summed E-state index contributed by atoms with van der Waals surface area (Å²) in [5.41, 5.74) is 0.626. The fraction of sp³-hybridized carbons (Fsp3) is 0.200. The Labute approximate surface area is 173 Å². The Kier molecular flexibility index (Phi) is 5.74. The minimum Gasteiger partial charge on any atom is -0.454 e. The molecule has 0 saturated heterocycles. The lowest BCUT2D eigenvalue weighted by Gasteiger charge is -2.11. The van der Waals surface area contributed by atoms with Crippen molar-refractivity contribution in [2.75, 3.05) is 35.8 Å². The molecule has 2 amide bonds. The largest absolute Gasteiger partial charge is 0.454 e. The SMILES string of the molecule is Cc1nc(NCCNC(=O)Nc2ccc3c(c2)OCO3)cc(Nc2ccccn2)n1. The molecule has 1 aromatic carbocycles. The first-order chi connectivity index (χ1) is 14.7. The van der Waals surface area contributed by atoms with Gasteiger partial charge in [-0.25, -0.2) is 19.7 Å². The number of anilines is 4. The monoisotopic (exact) mass is 407 g/mol. The van der Waals surface area contributed by atoms with Crippen molar-refractivity contribution in [1.82, 2.24) is 20.3 Å². The van der Waals surface area contributed by atoms with E-state index in [0.29, 0.717) is 53.6 Å². The summed E-state index contributed by atoms with van der Waals surface area (Å²) in [5, 5.41) is 11.9. The van der Waals surface area contributed by atoms with Crippen molar-refractivity contribution in [2.45, 2.75) is 6.92 Å². The molecule has 10 heteroatoms. The first-order valence-corrected chi connectivity index (χ1v) is 9.38. The van der Waals surface area contributed by atoms with Crippen molar-refractivity contribution in [3.05, 3.63) is 54.5 Å². The molecule has 154 valence electrons. The van der Waals surface area contributed by atoms with E-state index >= 15 is 0 Å². The number of hydrogen-bond donors (Lipinski definition) is 4. The van der Waals surface area contributed by atoms with E-state index in [2.05, 4.69) is 36.2 Å². The van der Waals surface area contributed by atoms with Gasteiger partial charge in [-0.3, -0.25) is 0 Å². The second kappa shape index (κ2) is 8.95. The molecule has 1 aliphatic rings. The summed E-state index contributed by atoms with van der Waals surface area (Å²) in [6, 6.07) is 12.3. The van der Waals surface area contributed by atoms with Crippen molar-refractivity contribution in [3.63, 3.8) is 0 Å².